The summed E-state index contributed by atoms with van der Waals surface area (Å²) in [6.07, 6.45) is 0. The van der Waals surface area contributed by atoms with Gasteiger partial charge in [-0.25, -0.2) is 0 Å². The van der Waals surface area contributed by atoms with E-state index in [1.165, 1.54) is 17.3 Å². The highest BCUT2D eigenvalue weighted by molar-refractivity contribution is 8.24. The van der Waals surface area contributed by atoms with E-state index in [0.717, 1.165) is 0 Å². The maximum Gasteiger partial charge on any atom is 0.239 e. The van der Waals surface area contributed by atoms with Gasteiger partial charge in [-0.1, -0.05) is 61.2 Å². The number of benzene rings is 1. The fourth-order valence-electron chi connectivity index (χ4n) is 1.63. The molecule has 2 rings (SSSR count). The van der Waals surface area contributed by atoms with Crippen LogP contribution in [0.25, 0.3) is 0 Å². The van der Waals surface area contributed by atoms with E-state index in [1.807, 2.05) is 30.3 Å². The van der Waals surface area contributed by atoms with E-state index in [4.69, 9.17) is 12.2 Å². The molecule has 2 atom stereocenters. The van der Waals surface area contributed by atoms with Crippen molar-refractivity contribution in [3.8, 4) is 0 Å². The summed E-state index contributed by atoms with van der Waals surface area (Å²) in [5.74, 6) is 0.220. The van der Waals surface area contributed by atoms with Crippen molar-refractivity contribution in [1.82, 2.24) is 5.32 Å². The van der Waals surface area contributed by atoms with Crippen LogP contribution in [0.15, 0.2) is 30.3 Å². The zero-order valence-electron chi connectivity index (χ0n) is 8.27. The number of hydrogen-bond acceptors (Lipinski definition) is 3. The second-order valence-electron chi connectivity index (χ2n) is 3.51. The molecule has 0 saturated carbocycles. The van der Waals surface area contributed by atoms with E-state index in [9.17, 15) is 4.79 Å². The second kappa shape index (κ2) is 4.33. The molecule has 1 aromatic carbocycles. The van der Waals surface area contributed by atoms with Gasteiger partial charge in [0.15, 0.2) is 0 Å². The Morgan fingerprint density at radius 3 is 2.60 bits per heavy atom. The molecule has 1 aliphatic heterocycles. The van der Waals surface area contributed by atoms with Crippen LogP contribution in [0.3, 0.4) is 0 Å². The number of rotatable bonds is 2. The standard InChI is InChI=1S/C11H11NOS2/c1-7(8-5-3-2-4-6-8)9-10(13)12-11(14)15-9/h2-7,9H,1H3,(H,12,13,14). The number of nitrogens with one attached hydrogen (secondary N) is 1. The highest BCUT2D eigenvalue weighted by Gasteiger charge is 2.34. The minimum absolute atomic E-state index is 0.0290. The molecule has 1 amide bonds. The van der Waals surface area contributed by atoms with Gasteiger partial charge in [-0.05, 0) is 5.56 Å². The lowest BCUT2D eigenvalue weighted by Gasteiger charge is -2.15. The van der Waals surface area contributed by atoms with Crippen molar-refractivity contribution < 1.29 is 4.79 Å². The van der Waals surface area contributed by atoms with Crippen molar-refractivity contribution >= 4 is 34.2 Å². The van der Waals surface area contributed by atoms with Crippen molar-refractivity contribution in [3.63, 3.8) is 0 Å². The first-order chi connectivity index (χ1) is 7.18. The predicted octanol–water partition coefficient (Wildman–Crippen LogP) is 2.31. The van der Waals surface area contributed by atoms with Gasteiger partial charge in [-0.2, -0.15) is 0 Å². The van der Waals surface area contributed by atoms with E-state index in [1.54, 1.807) is 0 Å². The lowest BCUT2D eigenvalue weighted by Crippen LogP contribution is -2.27. The summed E-state index contributed by atoms with van der Waals surface area (Å²) in [5, 5.41) is 2.59. The van der Waals surface area contributed by atoms with Crippen LogP contribution in [-0.4, -0.2) is 15.5 Å². The number of thioether (sulfide) groups is 1. The Hall–Kier alpha value is -0.870. The number of hydrogen-bond donors (Lipinski definition) is 1. The van der Waals surface area contributed by atoms with Crippen LogP contribution in [0.5, 0.6) is 0 Å². The van der Waals surface area contributed by atoms with Crippen LogP contribution in [0, 0.1) is 0 Å². The summed E-state index contributed by atoms with van der Waals surface area (Å²) in [4.78, 5) is 11.6. The molecule has 0 spiro atoms. The third-order valence-corrected chi connectivity index (χ3v) is 4.08. The Balaban J connectivity index is 2.18. The smallest absolute Gasteiger partial charge is 0.239 e. The second-order valence-corrected chi connectivity index (χ2v) is 5.33. The maximum atomic E-state index is 11.6. The Morgan fingerprint density at radius 2 is 2.07 bits per heavy atom. The zero-order chi connectivity index (χ0) is 10.8. The van der Waals surface area contributed by atoms with Gasteiger partial charge < -0.3 is 5.32 Å². The highest BCUT2D eigenvalue weighted by Crippen LogP contribution is 2.32. The largest absolute Gasteiger partial charge is 0.311 e. The van der Waals surface area contributed by atoms with E-state index >= 15 is 0 Å². The monoisotopic (exact) mass is 237 g/mol. The van der Waals surface area contributed by atoms with Crippen LogP contribution < -0.4 is 5.32 Å². The van der Waals surface area contributed by atoms with Crippen molar-refractivity contribution in [2.75, 3.05) is 0 Å². The van der Waals surface area contributed by atoms with E-state index in [2.05, 4.69) is 12.2 Å². The molecule has 4 heteroatoms. The normalized spacial score (nSPS) is 22.6. The van der Waals surface area contributed by atoms with Crippen LogP contribution in [0.1, 0.15) is 18.4 Å². The van der Waals surface area contributed by atoms with E-state index in [0.29, 0.717) is 4.32 Å². The third kappa shape index (κ3) is 2.21. The minimum Gasteiger partial charge on any atom is -0.311 e. The molecule has 0 aromatic heterocycles. The van der Waals surface area contributed by atoms with Gasteiger partial charge in [0.2, 0.25) is 5.91 Å². The fourth-order valence-corrected chi connectivity index (χ4v) is 2.96. The van der Waals surface area contributed by atoms with Gasteiger partial charge in [0.1, 0.15) is 4.32 Å². The fraction of sp³-hybridized carbons (Fsp3) is 0.273. The van der Waals surface area contributed by atoms with Crippen LogP contribution in [-0.2, 0) is 4.79 Å². The molecule has 0 radical (unpaired) electrons. The molecule has 1 N–H and O–H groups in total. The summed E-state index contributed by atoms with van der Waals surface area (Å²) >= 11 is 6.42. The summed E-state index contributed by atoms with van der Waals surface area (Å²) in [6.45, 7) is 2.06. The first-order valence-corrected chi connectivity index (χ1v) is 6.03. The number of amides is 1. The molecule has 2 nitrogen and oxygen atoms in total. The first kappa shape index (κ1) is 10.6. The predicted molar refractivity (Wildman–Crippen MR) is 67.0 cm³/mol. The lowest BCUT2D eigenvalue weighted by molar-refractivity contribution is -0.119. The van der Waals surface area contributed by atoms with Crippen LogP contribution in [0.4, 0.5) is 0 Å². The topological polar surface area (TPSA) is 29.1 Å². The molecule has 15 heavy (non-hydrogen) atoms. The average Bonchev–Trinajstić information content (AvgIpc) is 2.58. The van der Waals surface area contributed by atoms with Crippen molar-refractivity contribution in [2.45, 2.75) is 18.1 Å². The zero-order valence-corrected chi connectivity index (χ0v) is 9.90. The summed E-state index contributed by atoms with van der Waals surface area (Å²) in [6, 6.07) is 10.0. The Kier molecular flexibility index (Phi) is 3.07. The Labute approximate surface area is 98.4 Å². The highest BCUT2D eigenvalue weighted by atomic mass is 32.2. The SMILES string of the molecule is CC(c1ccccc1)C1SC(=S)NC1=O. The summed E-state index contributed by atoms with van der Waals surface area (Å²) in [5.41, 5.74) is 1.18. The number of carbonyl (C=O) groups is 1. The number of carbonyl (C=O) groups excluding carboxylic acids is 1. The Morgan fingerprint density at radius 1 is 1.40 bits per heavy atom. The molecule has 1 saturated heterocycles. The van der Waals surface area contributed by atoms with Gasteiger partial charge in [-0.15, -0.1) is 0 Å². The number of thiocarbonyl (C=S) groups is 1. The third-order valence-electron chi connectivity index (χ3n) is 2.50. The molecule has 1 aromatic rings. The molecule has 78 valence electrons. The van der Waals surface area contributed by atoms with Gasteiger partial charge in [0, 0.05) is 5.92 Å². The molecular formula is C11H11NOS2. The van der Waals surface area contributed by atoms with Crippen molar-refractivity contribution in [1.29, 1.82) is 0 Å². The maximum absolute atomic E-state index is 11.6. The van der Waals surface area contributed by atoms with Crippen molar-refractivity contribution in [2.24, 2.45) is 0 Å². The molecule has 1 aliphatic rings. The van der Waals surface area contributed by atoms with Crippen LogP contribution in [0.2, 0.25) is 0 Å². The molecule has 1 fully saturated rings. The minimum atomic E-state index is -0.0834. The summed E-state index contributed by atoms with van der Waals surface area (Å²) < 4.78 is 0.591. The first-order valence-electron chi connectivity index (χ1n) is 4.75. The van der Waals surface area contributed by atoms with Gasteiger partial charge in [0.05, 0.1) is 5.25 Å². The van der Waals surface area contributed by atoms with E-state index in [-0.39, 0.29) is 17.1 Å². The molecular weight excluding hydrogens is 226 g/mol. The lowest BCUT2D eigenvalue weighted by atomic mass is 9.97. The molecule has 2 unspecified atom stereocenters. The molecule has 0 aliphatic carbocycles. The Bertz CT molecular complexity index is 391. The van der Waals surface area contributed by atoms with Gasteiger partial charge in [-0.3, -0.25) is 4.79 Å². The molecule has 0 bridgehead atoms. The van der Waals surface area contributed by atoms with Gasteiger partial charge >= 0.3 is 0 Å². The average molecular weight is 237 g/mol. The molecule has 1 heterocycles. The van der Waals surface area contributed by atoms with Crippen molar-refractivity contribution in [3.05, 3.63) is 35.9 Å². The van der Waals surface area contributed by atoms with Crippen LogP contribution >= 0.6 is 24.0 Å². The van der Waals surface area contributed by atoms with E-state index < -0.39 is 0 Å². The quantitative estimate of drug-likeness (QED) is 0.800. The van der Waals surface area contributed by atoms with Gasteiger partial charge in [0.25, 0.3) is 0 Å². The summed E-state index contributed by atoms with van der Waals surface area (Å²) in [7, 11) is 0.